The molecule has 2 aromatic heterocycles. The lowest BCUT2D eigenvalue weighted by molar-refractivity contribution is 0.0604. The largest absolute Gasteiger partial charge is 0.384 e. The summed E-state index contributed by atoms with van der Waals surface area (Å²) >= 11 is 1.50. The van der Waals surface area contributed by atoms with Crippen molar-refractivity contribution in [1.29, 1.82) is 0 Å². The van der Waals surface area contributed by atoms with Crippen LogP contribution in [0.5, 0.6) is 0 Å². The van der Waals surface area contributed by atoms with Gasteiger partial charge in [-0.2, -0.15) is 11.3 Å². The minimum Gasteiger partial charge on any atom is -0.384 e. The van der Waals surface area contributed by atoms with Crippen LogP contribution in [0.3, 0.4) is 0 Å². The molecule has 0 spiro atoms. The normalized spacial score (nSPS) is 13.2. The first-order valence-corrected chi connectivity index (χ1v) is 8.40. The maximum Gasteiger partial charge on any atom is 0.320 e. The monoisotopic (exact) mass is 342 g/mol. The number of nitrogens with zero attached hydrogens (tertiary/aromatic N) is 2. The number of aliphatic hydroxyl groups is 1. The Kier molecular flexibility index (Phi) is 4.64. The van der Waals surface area contributed by atoms with Crippen LogP contribution in [0.2, 0.25) is 0 Å². The van der Waals surface area contributed by atoms with Gasteiger partial charge in [0.1, 0.15) is 5.60 Å². The molecular formula is C17H18N4O2S. The summed E-state index contributed by atoms with van der Waals surface area (Å²) in [5, 5.41) is 23.8. The molecule has 124 valence electrons. The number of amides is 2. The van der Waals surface area contributed by atoms with Crippen molar-refractivity contribution < 1.29 is 9.90 Å². The number of urea groups is 1. The van der Waals surface area contributed by atoms with E-state index in [2.05, 4.69) is 15.7 Å². The Morgan fingerprint density at radius 1 is 1.29 bits per heavy atom. The summed E-state index contributed by atoms with van der Waals surface area (Å²) in [6, 6.07) is 12.8. The van der Waals surface area contributed by atoms with E-state index in [1.165, 1.54) is 11.3 Å². The maximum atomic E-state index is 12.0. The second-order valence-corrected chi connectivity index (χ2v) is 6.35. The number of carbonyl (C=O) groups is 1. The molecule has 3 N–H and O–H groups in total. The summed E-state index contributed by atoms with van der Waals surface area (Å²) in [7, 11) is 0. The zero-order chi connectivity index (χ0) is 17.0. The molecule has 0 aliphatic rings. The number of thiophene rings is 1. The summed E-state index contributed by atoms with van der Waals surface area (Å²) in [6.45, 7) is 1.77. The third kappa shape index (κ3) is 3.81. The van der Waals surface area contributed by atoms with Gasteiger partial charge >= 0.3 is 6.03 Å². The number of hydrogen-bond acceptors (Lipinski definition) is 4. The zero-order valence-electron chi connectivity index (χ0n) is 13.1. The molecular weight excluding hydrogens is 324 g/mol. The fourth-order valence-electron chi connectivity index (χ4n) is 2.20. The van der Waals surface area contributed by atoms with E-state index in [0.717, 1.165) is 11.3 Å². The van der Waals surface area contributed by atoms with Gasteiger partial charge in [-0.1, -0.05) is 18.2 Å². The third-order valence-corrected chi connectivity index (χ3v) is 4.27. The van der Waals surface area contributed by atoms with Crippen molar-refractivity contribution in [2.24, 2.45) is 0 Å². The van der Waals surface area contributed by atoms with Crippen LogP contribution in [0.25, 0.3) is 5.69 Å². The molecule has 0 bridgehead atoms. The van der Waals surface area contributed by atoms with Crippen LogP contribution in [0.4, 0.5) is 10.6 Å². The van der Waals surface area contributed by atoms with Crippen molar-refractivity contribution in [2.75, 3.05) is 11.9 Å². The molecule has 0 aliphatic heterocycles. The van der Waals surface area contributed by atoms with E-state index in [9.17, 15) is 9.90 Å². The van der Waals surface area contributed by atoms with Gasteiger partial charge < -0.3 is 10.4 Å². The topological polar surface area (TPSA) is 79.2 Å². The van der Waals surface area contributed by atoms with Gasteiger partial charge in [0, 0.05) is 12.3 Å². The molecule has 0 saturated heterocycles. The van der Waals surface area contributed by atoms with Crippen molar-refractivity contribution in [1.82, 2.24) is 15.1 Å². The lowest BCUT2D eigenvalue weighted by Crippen LogP contribution is -2.40. The summed E-state index contributed by atoms with van der Waals surface area (Å²) in [5.74, 6) is 0.437. The van der Waals surface area contributed by atoms with Crippen LogP contribution in [0.15, 0.2) is 59.4 Å². The van der Waals surface area contributed by atoms with E-state index in [1.54, 1.807) is 23.9 Å². The predicted molar refractivity (Wildman–Crippen MR) is 94.5 cm³/mol. The average molecular weight is 342 g/mol. The Hall–Kier alpha value is -2.64. The molecule has 0 radical (unpaired) electrons. The lowest BCUT2D eigenvalue weighted by Gasteiger charge is -2.22. The van der Waals surface area contributed by atoms with Gasteiger partial charge in [-0.15, -0.1) is 5.10 Å². The van der Waals surface area contributed by atoms with E-state index in [1.807, 2.05) is 47.2 Å². The number of para-hydroxylation sites is 1. The first kappa shape index (κ1) is 16.2. The molecule has 0 saturated carbocycles. The van der Waals surface area contributed by atoms with Crippen molar-refractivity contribution in [3.05, 3.63) is 65.0 Å². The van der Waals surface area contributed by atoms with Gasteiger partial charge in [0.2, 0.25) is 0 Å². The summed E-state index contributed by atoms with van der Waals surface area (Å²) in [4.78, 5) is 12.0. The highest BCUT2D eigenvalue weighted by molar-refractivity contribution is 7.08. The molecule has 1 aromatic carbocycles. The van der Waals surface area contributed by atoms with Crippen molar-refractivity contribution >= 4 is 23.2 Å². The fraction of sp³-hybridized carbons (Fsp3) is 0.176. The minimum atomic E-state index is -1.11. The Morgan fingerprint density at radius 2 is 2.08 bits per heavy atom. The van der Waals surface area contributed by atoms with E-state index < -0.39 is 11.6 Å². The highest BCUT2D eigenvalue weighted by Gasteiger charge is 2.24. The molecule has 0 unspecified atom stereocenters. The molecule has 6 nitrogen and oxygen atoms in total. The summed E-state index contributed by atoms with van der Waals surface area (Å²) in [6.07, 6.45) is 1.77. The molecule has 2 amide bonds. The quantitative estimate of drug-likeness (QED) is 0.667. The van der Waals surface area contributed by atoms with Gasteiger partial charge in [-0.3, -0.25) is 5.32 Å². The van der Waals surface area contributed by atoms with E-state index in [0.29, 0.717) is 5.82 Å². The molecule has 0 fully saturated rings. The van der Waals surface area contributed by atoms with E-state index >= 15 is 0 Å². The maximum absolute atomic E-state index is 12.0. The van der Waals surface area contributed by atoms with Gasteiger partial charge in [0.25, 0.3) is 0 Å². The molecule has 3 aromatic rings. The Morgan fingerprint density at radius 3 is 2.79 bits per heavy atom. The molecule has 1 atom stereocenters. The van der Waals surface area contributed by atoms with Crippen LogP contribution in [0, 0.1) is 0 Å². The highest BCUT2D eigenvalue weighted by Crippen LogP contribution is 2.22. The van der Waals surface area contributed by atoms with Gasteiger partial charge in [-0.05, 0) is 41.4 Å². The number of hydrogen-bond donors (Lipinski definition) is 3. The van der Waals surface area contributed by atoms with Crippen LogP contribution >= 0.6 is 11.3 Å². The number of carbonyl (C=O) groups excluding carboxylic acids is 1. The van der Waals surface area contributed by atoms with Crippen LogP contribution in [-0.4, -0.2) is 27.5 Å². The molecule has 3 rings (SSSR count). The highest BCUT2D eigenvalue weighted by atomic mass is 32.1. The first-order valence-electron chi connectivity index (χ1n) is 7.46. The standard InChI is InChI=1S/C17H18N4O2S/c1-17(23,13-8-10-24-11-13)12-18-16(22)19-15-7-9-21(20-15)14-5-3-2-4-6-14/h2-11,23H,12H2,1H3,(H2,18,19,20,22)/t17-/m0/s1. The summed E-state index contributed by atoms with van der Waals surface area (Å²) in [5.41, 5.74) is 0.577. The number of anilines is 1. The van der Waals surface area contributed by atoms with Gasteiger partial charge in [-0.25, -0.2) is 9.48 Å². The Labute approximate surface area is 143 Å². The first-order chi connectivity index (χ1) is 11.5. The third-order valence-electron chi connectivity index (χ3n) is 3.59. The number of aromatic nitrogens is 2. The predicted octanol–water partition coefficient (Wildman–Crippen LogP) is 2.96. The fourth-order valence-corrected chi connectivity index (χ4v) is 2.98. The van der Waals surface area contributed by atoms with Crippen molar-refractivity contribution in [3.63, 3.8) is 0 Å². The second kappa shape index (κ2) is 6.86. The number of rotatable bonds is 5. The molecule has 2 heterocycles. The average Bonchev–Trinajstić information content (AvgIpc) is 3.26. The minimum absolute atomic E-state index is 0.106. The van der Waals surface area contributed by atoms with Gasteiger partial charge in [0.05, 0.1) is 12.2 Å². The smallest absolute Gasteiger partial charge is 0.320 e. The van der Waals surface area contributed by atoms with Crippen molar-refractivity contribution in [3.8, 4) is 5.69 Å². The van der Waals surface area contributed by atoms with E-state index in [-0.39, 0.29) is 6.54 Å². The Bertz CT molecular complexity index is 797. The summed E-state index contributed by atoms with van der Waals surface area (Å²) < 4.78 is 1.68. The van der Waals surface area contributed by atoms with Crippen LogP contribution in [0.1, 0.15) is 12.5 Å². The van der Waals surface area contributed by atoms with E-state index in [4.69, 9.17) is 0 Å². The SMILES string of the molecule is C[C@](O)(CNC(=O)Nc1ccn(-c2ccccc2)n1)c1ccsc1. The Balaban J connectivity index is 1.57. The second-order valence-electron chi connectivity index (χ2n) is 5.57. The molecule has 24 heavy (non-hydrogen) atoms. The van der Waals surface area contributed by atoms with Crippen LogP contribution in [-0.2, 0) is 5.60 Å². The molecule has 0 aliphatic carbocycles. The zero-order valence-corrected chi connectivity index (χ0v) is 14.0. The number of nitrogens with one attached hydrogen (secondary N) is 2. The van der Waals surface area contributed by atoms with Crippen molar-refractivity contribution in [2.45, 2.75) is 12.5 Å². The van der Waals surface area contributed by atoms with Crippen LogP contribution < -0.4 is 10.6 Å². The lowest BCUT2D eigenvalue weighted by atomic mass is 9.99. The number of benzene rings is 1. The van der Waals surface area contributed by atoms with Gasteiger partial charge in [0.15, 0.2) is 5.82 Å². The molecule has 7 heteroatoms.